The quantitative estimate of drug-likeness (QED) is 0.839. The molecule has 0 aliphatic heterocycles. The lowest BCUT2D eigenvalue weighted by molar-refractivity contribution is 0.157. The summed E-state index contributed by atoms with van der Waals surface area (Å²) in [5.74, 6) is 0. The molecule has 0 aromatic carbocycles. The third-order valence-electron chi connectivity index (χ3n) is 3.12. The molecule has 1 atom stereocenters. The van der Waals surface area contributed by atoms with E-state index >= 15 is 0 Å². The molecule has 98 valence electrons. The van der Waals surface area contributed by atoms with Crippen LogP contribution in [-0.4, -0.2) is 21.0 Å². The van der Waals surface area contributed by atoms with Crippen LogP contribution in [-0.2, 0) is 19.4 Å². The van der Waals surface area contributed by atoms with Crippen molar-refractivity contribution in [2.75, 3.05) is 0 Å². The van der Waals surface area contributed by atoms with Crippen LogP contribution in [0.2, 0.25) is 0 Å². The molecule has 0 radical (unpaired) electrons. The van der Waals surface area contributed by atoms with E-state index in [0.717, 1.165) is 48.8 Å². The first-order chi connectivity index (χ1) is 8.13. The summed E-state index contributed by atoms with van der Waals surface area (Å²) in [5.41, 5.74) is 2.41. The highest BCUT2D eigenvalue weighted by Gasteiger charge is 2.13. The second-order valence-electron chi connectivity index (χ2n) is 4.33. The molecule has 0 amide bonds. The molecule has 1 N–H and O–H groups in total. The summed E-state index contributed by atoms with van der Waals surface area (Å²) >= 11 is 3.64. The Hall–Kier alpha value is -0.350. The Kier molecular flexibility index (Phi) is 6.20. The summed E-state index contributed by atoms with van der Waals surface area (Å²) in [4.78, 5) is 0. The minimum absolute atomic E-state index is 0.155. The number of rotatable bonds is 7. The van der Waals surface area contributed by atoms with Gasteiger partial charge in [-0.2, -0.15) is 5.10 Å². The van der Waals surface area contributed by atoms with Crippen molar-refractivity contribution in [3.63, 3.8) is 0 Å². The van der Waals surface area contributed by atoms with E-state index in [1.54, 1.807) is 0 Å². The molecule has 1 aromatic heterocycles. The van der Waals surface area contributed by atoms with Gasteiger partial charge in [0.2, 0.25) is 0 Å². The van der Waals surface area contributed by atoms with Gasteiger partial charge in [-0.3, -0.25) is 4.68 Å². The highest BCUT2D eigenvalue weighted by molar-refractivity contribution is 9.10. The van der Waals surface area contributed by atoms with Crippen LogP contribution >= 0.6 is 15.9 Å². The van der Waals surface area contributed by atoms with Crippen LogP contribution in [0.25, 0.3) is 0 Å². The lowest BCUT2D eigenvalue weighted by atomic mass is 10.1. The van der Waals surface area contributed by atoms with Gasteiger partial charge in [-0.15, -0.1) is 0 Å². The van der Waals surface area contributed by atoms with E-state index in [2.05, 4.69) is 39.6 Å². The lowest BCUT2D eigenvalue weighted by Gasteiger charge is -2.08. The predicted molar refractivity (Wildman–Crippen MR) is 74.2 cm³/mol. The van der Waals surface area contributed by atoms with Gasteiger partial charge >= 0.3 is 0 Å². The van der Waals surface area contributed by atoms with Crippen molar-refractivity contribution in [2.24, 2.45) is 0 Å². The van der Waals surface area contributed by atoms with Crippen molar-refractivity contribution in [1.82, 2.24) is 9.78 Å². The predicted octanol–water partition coefficient (Wildman–Crippen LogP) is 3.32. The molecule has 17 heavy (non-hydrogen) atoms. The third-order valence-corrected chi connectivity index (χ3v) is 4.03. The third kappa shape index (κ3) is 3.81. The van der Waals surface area contributed by atoms with E-state index in [9.17, 15) is 5.11 Å². The molecule has 1 rings (SSSR count). The van der Waals surface area contributed by atoms with Crippen molar-refractivity contribution in [1.29, 1.82) is 0 Å². The molecule has 3 nitrogen and oxygen atoms in total. The van der Waals surface area contributed by atoms with Gasteiger partial charge in [0.15, 0.2) is 0 Å². The average molecular weight is 303 g/mol. The number of hydrogen-bond donors (Lipinski definition) is 1. The molecular weight excluding hydrogens is 280 g/mol. The molecule has 0 spiro atoms. The van der Waals surface area contributed by atoms with Crippen LogP contribution < -0.4 is 0 Å². The second-order valence-corrected chi connectivity index (χ2v) is 5.12. The fourth-order valence-corrected chi connectivity index (χ4v) is 2.73. The maximum atomic E-state index is 9.55. The number of aliphatic hydroxyl groups is 1. The standard InChI is InChI=1S/C13H23BrN2O/c1-4-10(17)8-7-9-12-13(14)11(5-2)15-16(12)6-3/h10,17H,4-9H2,1-3H3. The van der Waals surface area contributed by atoms with Crippen LogP contribution in [0.1, 0.15) is 51.4 Å². The first-order valence-corrected chi connectivity index (χ1v) is 7.35. The van der Waals surface area contributed by atoms with Crippen LogP contribution in [0.15, 0.2) is 4.47 Å². The second kappa shape index (κ2) is 7.17. The summed E-state index contributed by atoms with van der Waals surface area (Å²) < 4.78 is 3.23. The number of aromatic nitrogens is 2. The lowest BCUT2D eigenvalue weighted by Crippen LogP contribution is -2.07. The van der Waals surface area contributed by atoms with Gasteiger partial charge in [-0.25, -0.2) is 0 Å². The summed E-state index contributed by atoms with van der Waals surface area (Å²) in [6.07, 6.45) is 4.52. The SMILES string of the molecule is CCc1nn(CC)c(CCCC(O)CC)c1Br. The number of halogens is 1. The Balaban J connectivity index is 2.66. The Morgan fingerprint density at radius 2 is 2.06 bits per heavy atom. The molecule has 0 bridgehead atoms. The van der Waals surface area contributed by atoms with Crippen LogP contribution in [0.5, 0.6) is 0 Å². The van der Waals surface area contributed by atoms with Gasteiger partial charge in [-0.05, 0) is 55.0 Å². The largest absolute Gasteiger partial charge is 0.393 e. The Labute approximate surface area is 112 Å². The topological polar surface area (TPSA) is 38.0 Å². The van der Waals surface area contributed by atoms with E-state index in [0.29, 0.717) is 0 Å². The zero-order valence-electron chi connectivity index (χ0n) is 11.0. The van der Waals surface area contributed by atoms with Crippen LogP contribution in [0.4, 0.5) is 0 Å². The Bertz CT molecular complexity index is 349. The fraction of sp³-hybridized carbons (Fsp3) is 0.769. The summed E-state index contributed by atoms with van der Waals surface area (Å²) in [5, 5.41) is 14.1. The number of aliphatic hydroxyl groups excluding tert-OH is 1. The molecule has 0 saturated carbocycles. The first-order valence-electron chi connectivity index (χ1n) is 6.56. The minimum Gasteiger partial charge on any atom is -0.393 e. The van der Waals surface area contributed by atoms with E-state index in [4.69, 9.17) is 0 Å². The van der Waals surface area contributed by atoms with Crippen molar-refractivity contribution in [2.45, 2.75) is 65.5 Å². The van der Waals surface area contributed by atoms with E-state index in [1.807, 2.05) is 6.92 Å². The summed E-state index contributed by atoms with van der Waals surface area (Å²) in [6, 6.07) is 0. The van der Waals surface area contributed by atoms with Crippen molar-refractivity contribution in [3.8, 4) is 0 Å². The monoisotopic (exact) mass is 302 g/mol. The van der Waals surface area contributed by atoms with Crippen molar-refractivity contribution >= 4 is 15.9 Å². The maximum absolute atomic E-state index is 9.55. The normalized spacial score (nSPS) is 13.0. The molecule has 1 unspecified atom stereocenters. The van der Waals surface area contributed by atoms with E-state index in [-0.39, 0.29) is 6.10 Å². The number of nitrogens with zero attached hydrogens (tertiary/aromatic N) is 2. The highest BCUT2D eigenvalue weighted by atomic mass is 79.9. The highest BCUT2D eigenvalue weighted by Crippen LogP contribution is 2.24. The van der Waals surface area contributed by atoms with E-state index in [1.165, 1.54) is 5.69 Å². The smallest absolute Gasteiger partial charge is 0.0766 e. The van der Waals surface area contributed by atoms with Gasteiger partial charge in [0.05, 0.1) is 22.0 Å². The molecular formula is C13H23BrN2O. The minimum atomic E-state index is -0.155. The van der Waals surface area contributed by atoms with Gasteiger partial charge in [-0.1, -0.05) is 13.8 Å². The Morgan fingerprint density at radius 1 is 1.35 bits per heavy atom. The molecule has 0 aliphatic carbocycles. The number of hydrogen-bond acceptors (Lipinski definition) is 2. The molecule has 1 heterocycles. The van der Waals surface area contributed by atoms with Crippen molar-refractivity contribution in [3.05, 3.63) is 15.9 Å². The molecule has 0 fully saturated rings. The zero-order valence-corrected chi connectivity index (χ0v) is 12.6. The van der Waals surface area contributed by atoms with Crippen molar-refractivity contribution < 1.29 is 5.11 Å². The molecule has 1 aromatic rings. The van der Waals surface area contributed by atoms with Gasteiger partial charge < -0.3 is 5.11 Å². The summed E-state index contributed by atoms with van der Waals surface area (Å²) in [7, 11) is 0. The molecule has 4 heteroatoms. The van der Waals surface area contributed by atoms with Crippen LogP contribution in [0.3, 0.4) is 0 Å². The Morgan fingerprint density at radius 3 is 2.59 bits per heavy atom. The van der Waals surface area contributed by atoms with Gasteiger partial charge in [0.25, 0.3) is 0 Å². The van der Waals surface area contributed by atoms with Gasteiger partial charge in [0, 0.05) is 6.54 Å². The molecule has 0 saturated heterocycles. The zero-order chi connectivity index (χ0) is 12.8. The first kappa shape index (κ1) is 14.7. The fourth-order valence-electron chi connectivity index (χ4n) is 1.97. The van der Waals surface area contributed by atoms with E-state index < -0.39 is 0 Å². The summed E-state index contributed by atoms with van der Waals surface area (Å²) in [6.45, 7) is 7.16. The number of aryl methyl sites for hydroxylation is 2. The maximum Gasteiger partial charge on any atom is 0.0766 e. The van der Waals surface area contributed by atoms with Gasteiger partial charge in [0.1, 0.15) is 0 Å². The average Bonchev–Trinajstić information content (AvgIpc) is 2.65. The molecule has 0 aliphatic rings. The van der Waals surface area contributed by atoms with Crippen LogP contribution in [0, 0.1) is 0 Å².